The van der Waals surface area contributed by atoms with E-state index in [4.69, 9.17) is 0 Å². The zero-order chi connectivity index (χ0) is 6.85. The smallest absolute Gasteiger partial charge is 0.00731 e. The second kappa shape index (κ2) is 2.96. The zero-order valence-corrected chi connectivity index (χ0v) is 7.37. The Bertz CT molecular complexity index is 88.6. The predicted molar refractivity (Wildman–Crippen MR) is 44.9 cm³/mol. The fraction of sp³-hybridized carbons (Fsp3) is 1.00. The van der Waals surface area contributed by atoms with Crippen molar-refractivity contribution in [3.63, 3.8) is 0 Å². The molecule has 0 aromatic heterocycles. The van der Waals surface area contributed by atoms with E-state index in [2.05, 4.69) is 32.5 Å². The lowest BCUT2D eigenvalue weighted by molar-refractivity contribution is 0.581. The molecule has 0 nitrogen and oxygen atoms in total. The van der Waals surface area contributed by atoms with Crippen LogP contribution in [0.3, 0.4) is 0 Å². The molecule has 0 aliphatic carbocycles. The number of thioether (sulfide) groups is 1. The van der Waals surface area contributed by atoms with Crippen LogP contribution in [0.2, 0.25) is 0 Å². The van der Waals surface area contributed by atoms with E-state index in [1.807, 2.05) is 0 Å². The van der Waals surface area contributed by atoms with E-state index in [9.17, 15) is 0 Å². The molecule has 0 spiro atoms. The third kappa shape index (κ3) is 1.89. The summed E-state index contributed by atoms with van der Waals surface area (Å²) in [5.41, 5.74) is 0. The highest BCUT2D eigenvalue weighted by atomic mass is 32.2. The van der Waals surface area contributed by atoms with Crippen LogP contribution in [0.4, 0.5) is 0 Å². The summed E-state index contributed by atoms with van der Waals surface area (Å²) in [6.45, 7) is 7.00. The molecule has 0 aromatic carbocycles. The summed E-state index contributed by atoms with van der Waals surface area (Å²) in [5, 5.41) is 1.89. The highest BCUT2D eigenvalue weighted by Crippen LogP contribution is 2.37. The fourth-order valence-electron chi connectivity index (χ4n) is 1.32. The SMILES string of the molecule is CC(C)C1CC[C@@H](C)S1. The Balaban J connectivity index is 2.30. The lowest BCUT2D eigenvalue weighted by Crippen LogP contribution is -2.05. The largest absolute Gasteiger partial charge is 0.155 e. The van der Waals surface area contributed by atoms with Gasteiger partial charge in [-0.25, -0.2) is 0 Å². The summed E-state index contributed by atoms with van der Waals surface area (Å²) in [6, 6.07) is 0. The van der Waals surface area contributed by atoms with Gasteiger partial charge in [-0.1, -0.05) is 20.8 Å². The Hall–Kier alpha value is 0.350. The highest BCUT2D eigenvalue weighted by Gasteiger charge is 2.23. The van der Waals surface area contributed by atoms with Crippen molar-refractivity contribution in [2.45, 2.75) is 44.1 Å². The number of hydrogen-bond acceptors (Lipinski definition) is 1. The van der Waals surface area contributed by atoms with Crippen LogP contribution in [0, 0.1) is 5.92 Å². The second-order valence-electron chi connectivity index (χ2n) is 3.31. The Morgan fingerprint density at radius 2 is 2.00 bits per heavy atom. The van der Waals surface area contributed by atoms with Gasteiger partial charge in [0.15, 0.2) is 0 Å². The summed E-state index contributed by atoms with van der Waals surface area (Å²) in [7, 11) is 0. The van der Waals surface area contributed by atoms with E-state index in [0.29, 0.717) is 0 Å². The maximum absolute atomic E-state index is 2.34. The van der Waals surface area contributed by atoms with E-state index in [-0.39, 0.29) is 0 Å². The van der Waals surface area contributed by atoms with E-state index in [1.54, 1.807) is 0 Å². The standard InChI is InChI=1S/C8H16S/c1-6(2)8-5-4-7(3)9-8/h6-8H,4-5H2,1-3H3/t7-,8?/m1/s1. The summed E-state index contributed by atoms with van der Waals surface area (Å²) in [6.07, 6.45) is 2.89. The molecule has 0 saturated carbocycles. The third-order valence-corrected chi connectivity index (χ3v) is 3.84. The van der Waals surface area contributed by atoms with Crippen molar-refractivity contribution in [3.8, 4) is 0 Å². The van der Waals surface area contributed by atoms with E-state index >= 15 is 0 Å². The topological polar surface area (TPSA) is 0 Å². The van der Waals surface area contributed by atoms with Crippen LogP contribution >= 0.6 is 11.8 Å². The minimum Gasteiger partial charge on any atom is -0.155 e. The van der Waals surface area contributed by atoms with Gasteiger partial charge in [0, 0.05) is 10.5 Å². The van der Waals surface area contributed by atoms with Crippen LogP contribution in [0.15, 0.2) is 0 Å². The molecule has 0 bridgehead atoms. The lowest BCUT2D eigenvalue weighted by Gasteiger charge is -2.12. The van der Waals surface area contributed by atoms with Gasteiger partial charge < -0.3 is 0 Å². The monoisotopic (exact) mass is 144 g/mol. The van der Waals surface area contributed by atoms with Gasteiger partial charge in [0.05, 0.1) is 0 Å². The summed E-state index contributed by atoms with van der Waals surface area (Å²) < 4.78 is 0. The molecule has 9 heavy (non-hydrogen) atoms. The summed E-state index contributed by atoms with van der Waals surface area (Å²) in [5.74, 6) is 0.889. The first-order chi connectivity index (χ1) is 4.20. The van der Waals surface area contributed by atoms with E-state index < -0.39 is 0 Å². The molecule has 1 aliphatic rings. The van der Waals surface area contributed by atoms with Gasteiger partial charge in [-0.05, 0) is 18.8 Å². The molecule has 1 heterocycles. The molecule has 1 unspecified atom stereocenters. The van der Waals surface area contributed by atoms with Gasteiger partial charge in [0.1, 0.15) is 0 Å². The first-order valence-electron chi connectivity index (χ1n) is 3.85. The molecule has 0 radical (unpaired) electrons. The number of rotatable bonds is 1. The Morgan fingerprint density at radius 3 is 2.22 bits per heavy atom. The molecule has 1 fully saturated rings. The predicted octanol–water partition coefficient (Wildman–Crippen LogP) is 2.93. The lowest BCUT2D eigenvalue weighted by atomic mass is 10.1. The molecule has 1 saturated heterocycles. The molecule has 1 heteroatoms. The van der Waals surface area contributed by atoms with Crippen molar-refractivity contribution in [2.24, 2.45) is 5.92 Å². The average molecular weight is 144 g/mol. The van der Waals surface area contributed by atoms with Crippen molar-refractivity contribution in [1.29, 1.82) is 0 Å². The molecule has 0 N–H and O–H groups in total. The highest BCUT2D eigenvalue weighted by molar-refractivity contribution is 8.00. The van der Waals surface area contributed by atoms with Gasteiger partial charge in [-0.15, -0.1) is 0 Å². The Morgan fingerprint density at radius 1 is 1.33 bits per heavy atom. The maximum Gasteiger partial charge on any atom is 0.00731 e. The summed E-state index contributed by atoms with van der Waals surface area (Å²) in [4.78, 5) is 0. The third-order valence-electron chi connectivity index (χ3n) is 2.01. The van der Waals surface area contributed by atoms with Crippen molar-refractivity contribution >= 4 is 11.8 Å². The minimum absolute atomic E-state index is 0.889. The van der Waals surface area contributed by atoms with Crippen LogP contribution in [0.25, 0.3) is 0 Å². The second-order valence-corrected chi connectivity index (χ2v) is 4.99. The fourth-order valence-corrected chi connectivity index (χ4v) is 2.78. The Labute approximate surface area is 62.4 Å². The molecule has 1 rings (SSSR count). The number of hydrogen-bond donors (Lipinski definition) is 0. The average Bonchev–Trinajstić information content (AvgIpc) is 2.14. The molecule has 2 atom stereocenters. The van der Waals surface area contributed by atoms with Crippen LogP contribution in [0.5, 0.6) is 0 Å². The molecular weight excluding hydrogens is 128 g/mol. The van der Waals surface area contributed by atoms with Gasteiger partial charge in [-0.2, -0.15) is 11.8 Å². The first kappa shape index (κ1) is 7.46. The van der Waals surface area contributed by atoms with Gasteiger partial charge >= 0.3 is 0 Å². The van der Waals surface area contributed by atoms with Gasteiger partial charge in [0.2, 0.25) is 0 Å². The first-order valence-corrected chi connectivity index (χ1v) is 4.80. The normalized spacial score (nSPS) is 36.0. The quantitative estimate of drug-likeness (QED) is 0.545. The minimum atomic E-state index is 0.889. The van der Waals surface area contributed by atoms with Gasteiger partial charge in [0.25, 0.3) is 0 Å². The molecule has 54 valence electrons. The van der Waals surface area contributed by atoms with Crippen LogP contribution in [-0.2, 0) is 0 Å². The van der Waals surface area contributed by atoms with E-state index in [1.165, 1.54) is 12.8 Å². The zero-order valence-electron chi connectivity index (χ0n) is 6.55. The molecule has 0 aromatic rings. The van der Waals surface area contributed by atoms with Crippen molar-refractivity contribution in [3.05, 3.63) is 0 Å². The molecular formula is C8H16S. The van der Waals surface area contributed by atoms with E-state index in [0.717, 1.165) is 16.4 Å². The van der Waals surface area contributed by atoms with Crippen molar-refractivity contribution < 1.29 is 0 Å². The summed E-state index contributed by atoms with van der Waals surface area (Å²) >= 11 is 2.17. The van der Waals surface area contributed by atoms with Crippen LogP contribution in [-0.4, -0.2) is 10.5 Å². The van der Waals surface area contributed by atoms with Gasteiger partial charge in [-0.3, -0.25) is 0 Å². The van der Waals surface area contributed by atoms with Crippen LogP contribution < -0.4 is 0 Å². The Kier molecular flexibility index (Phi) is 2.45. The molecule has 1 aliphatic heterocycles. The maximum atomic E-state index is 2.34. The van der Waals surface area contributed by atoms with Crippen LogP contribution in [0.1, 0.15) is 33.6 Å². The van der Waals surface area contributed by atoms with Crippen molar-refractivity contribution in [1.82, 2.24) is 0 Å². The molecule has 0 amide bonds. The van der Waals surface area contributed by atoms with Crippen molar-refractivity contribution in [2.75, 3.05) is 0 Å².